The Morgan fingerprint density at radius 1 is 1.27 bits per heavy atom. The SMILES string of the molecule is CCCC(C)OCCNCCCN(C)C. The molecule has 0 aliphatic carbocycles. The minimum atomic E-state index is 0.415. The molecule has 1 N–H and O–H groups in total. The van der Waals surface area contributed by atoms with Crippen LogP contribution in [0.25, 0.3) is 0 Å². The van der Waals surface area contributed by atoms with Gasteiger partial charge in [0.25, 0.3) is 0 Å². The first-order valence-corrected chi connectivity index (χ1v) is 6.13. The van der Waals surface area contributed by atoms with Gasteiger partial charge in [0.2, 0.25) is 0 Å². The van der Waals surface area contributed by atoms with E-state index in [9.17, 15) is 0 Å². The van der Waals surface area contributed by atoms with E-state index in [1.54, 1.807) is 0 Å². The summed E-state index contributed by atoms with van der Waals surface area (Å²) in [5.41, 5.74) is 0. The standard InChI is InChI=1S/C12H28N2O/c1-5-7-12(2)15-11-9-13-8-6-10-14(3)4/h12-13H,5-11H2,1-4H3. The van der Waals surface area contributed by atoms with Crippen molar-refractivity contribution in [3.05, 3.63) is 0 Å². The van der Waals surface area contributed by atoms with E-state index in [4.69, 9.17) is 4.74 Å². The number of hydrogen-bond donors (Lipinski definition) is 1. The second-order valence-electron chi connectivity index (χ2n) is 4.38. The molecule has 0 aromatic rings. The van der Waals surface area contributed by atoms with Crippen molar-refractivity contribution in [2.75, 3.05) is 40.3 Å². The molecule has 92 valence electrons. The van der Waals surface area contributed by atoms with Crippen molar-refractivity contribution in [2.45, 2.75) is 39.2 Å². The molecule has 3 nitrogen and oxygen atoms in total. The summed E-state index contributed by atoms with van der Waals surface area (Å²) in [6.45, 7) is 8.39. The van der Waals surface area contributed by atoms with E-state index in [1.807, 2.05) is 0 Å². The first-order chi connectivity index (χ1) is 7.16. The van der Waals surface area contributed by atoms with E-state index >= 15 is 0 Å². The van der Waals surface area contributed by atoms with Gasteiger partial charge in [-0.25, -0.2) is 0 Å². The Morgan fingerprint density at radius 3 is 2.60 bits per heavy atom. The third kappa shape index (κ3) is 11.8. The molecule has 0 spiro atoms. The maximum Gasteiger partial charge on any atom is 0.0594 e. The molecular formula is C12H28N2O. The highest BCUT2D eigenvalue weighted by Crippen LogP contribution is 1.99. The van der Waals surface area contributed by atoms with Gasteiger partial charge in [0.15, 0.2) is 0 Å². The lowest BCUT2D eigenvalue weighted by molar-refractivity contribution is 0.0618. The number of hydrogen-bond acceptors (Lipinski definition) is 3. The molecule has 0 aliphatic heterocycles. The Balaban J connectivity index is 3.04. The smallest absolute Gasteiger partial charge is 0.0594 e. The van der Waals surface area contributed by atoms with Gasteiger partial charge in [-0.15, -0.1) is 0 Å². The molecule has 0 bridgehead atoms. The molecule has 0 saturated heterocycles. The molecule has 0 radical (unpaired) electrons. The summed E-state index contributed by atoms with van der Waals surface area (Å²) in [4.78, 5) is 2.21. The topological polar surface area (TPSA) is 24.5 Å². The Kier molecular flexibility index (Phi) is 10.3. The van der Waals surface area contributed by atoms with Gasteiger partial charge < -0.3 is 15.0 Å². The molecule has 1 unspecified atom stereocenters. The van der Waals surface area contributed by atoms with Gasteiger partial charge in [-0.05, 0) is 47.0 Å². The summed E-state index contributed by atoms with van der Waals surface area (Å²) < 4.78 is 5.64. The molecule has 0 aromatic heterocycles. The lowest BCUT2D eigenvalue weighted by atomic mass is 10.2. The van der Waals surface area contributed by atoms with Crippen LogP contribution in [0.2, 0.25) is 0 Å². The van der Waals surface area contributed by atoms with Crippen LogP contribution in [0.3, 0.4) is 0 Å². The highest BCUT2D eigenvalue weighted by molar-refractivity contribution is 4.52. The van der Waals surface area contributed by atoms with Crippen molar-refractivity contribution < 1.29 is 4.74 Å². The van der Waals surface area contributed by atoms with Crippen molar-refractivity contribution in [2.24, 2.45) is 0 Å². The van der Waals surface area contributed by atoms with E-state index in [2.05, 4.69) is 38.2 Å². The van der Waals surface area contributed by atoms with Gasteiger partial charge in [-0.2, -0.15) is 0 Å². The molecule has 0 rings (SSSR count). The number of rotatable bonds is 10. The highest BCUT2D eigenvalue weighted by Gasteiger charge is 1.98. The minimum absolute atomic E-state index is 0.415. The molecule has 0 aromatic carbocycles. The second kappa shape index (κ2) is 10.4. The Bertz CT molecular complexity index is 129. The number of ether oxygens (including phenoxy) is 1. The van der Waals surface area contributed by atoms with Crippen LogP contribution in [0.1, 0.15) is 33.1 Å². The van der Waals surface area contributed by atoms with Gasteiger partial charge in [-0.1, -0.05) is 13.3 Å². The average molecular weight is 216 g/mol. The summed E-state index contributed by atoms with van der Waals surface area (Å²) >= 11 is 0. The lowest BCUT2D eigenvalue weighted by Gasteiger charge is -2.13. The predicted octanol–water partition coefficient (Wildman–Crippen LogP) is 1.73. The van der Waals surface area contributed by atoms with Crippen LogP contribution < -0.4 is 5.32 Å². The van der Waals surface area contributed by atoms with Gasteiger partial charge in [-0.3, -0.25) is 0 Å². The zero-order chi connectivity index (χ0) is 11.5. The van der Waals surface area contributed by atoms with Crippen LogP contribution in [-0.4, -0.2) is 51.3 Å². The van der Waals surface area contributed by atoms with Crippen molar-refractivity contribution in [1.82, 2.24) is 10.2 Å². The zero-order valence-electron chi connectivity index (χ0n) is 10.9. The van der Waals surface area contributed by atoms with E-state index in [0.717, 1.165) is 26.2 Å². The van der Waals surface area contributed by atoms with Crippen LogP contribution in [0.4, 0.5) is 0 Å². The fourth-order valence-electron chi connectivity index (χ4n) is 1.47. The lowest BCUT2D eigenvalue weighted by Crippen LogP contribution is -2.25. The summed E-state index contributed by atoms with van der Waals surface area (Å²) in [7, 11) is 4.21. The summed E-state index contributed by atoms with van der Waals surface area (Å²) in [6.07, 6.45) is 3.99. The summed E-state index contributed by atoms with van der Waals surface area (Å²) in [6, 6.07) is 0. The first kappa shape index (κ1) is 14.9. The highest BCUT2D eigenvalue weighted by atomic mass is 16.5. The van der Waals surface area contributed by atoms with Crippen LogP contribution in [-0.2, 0) is 4.74 Å². The van der Waals surface area contributed by atoms with E-state index < -0.39 is 0 Å². The zero-order valence-corrected chi connectivity index (χ0v) is 10.9. The third-order valence-corrected chi connectivity index (χ3v) is 2.34. The van der Waals surface area contributed by atoms with Crippen molar-refractivity contribution in [3.8, 4) is 0 Å². The summed E-state index contributed by atoms with van der Waals surface area (Å²) in [5.74, 6) is 0. The summed E-state index contributed by atoms with van der Waals surface area (Å²) in [5, 5.41) is 3.39. The van der Waals surface area contributed by atoms with Crippen LogP contribution in [0.5, 0.6) is 0 Å². The van der Waals surface area contributed by atoms with Crippen LogP contribution >= 0.6 is 0 Å². The predicted molar refractivity (Wildman–Crippen MR) is 66.4 cm³/mol. The number of nitrogens with one attached hydrogen (secondary N) is 1. The maximum absolute atomic E-state index is 5.64. The van der Waals surface area contributed by atoms with Crippen molar-refractivity contribution in [3.63, 3.8) is 0 Å². The first-order valence-electron chi connectivity index (χ1n) is 6.13. The minimum Gasteiger partial charge on any atom is -0.377 e. The Morgan fingerprint density at radius 2 is 2.00 bits per heavy atom. The third-order valence-electron chi connectivity index (χ3n) is 2.34. The molecule has 1 atom stereocenters. The quantitative estimate of drug-likeness (QED) is 0.563. The van der Waals surface area contributed by atoms with E-state index in [-0.39, 0.29) is 0 Å². The van der Waals surface area contributed by atoms with Crippen LogP contribution in [0, 0.1) is 0 Å². The second-order valence-corrected chi connectivity index (χ2v) is 4.38. The van der Waals surface area contributed by atoms with E-state index in [1.165, 1.54) is 19.3 Å². The largest absolute Gasteiger partial charge is 0.377 e. The molecule has 0 saturated carbocycles. The molecule has 0 heterocycles. The maximum atomic E-state index is 5.64. The fraction of sp³-hybridized carbons (Fsp3) is 1.00. The van der Waals surface area contributed by atoms with Crippen LogP contribution in [0.15, 0.2) is 0 Å². The molecule has 15 heavy (non-hydrogen) atoms. The van der Waals surface area contributed by atoms with Gasteiger partial charge in [0.1, 0.15) is 0 Å². The normalized spacial score (nSPS) is 13.4. The average Bonchev–Trinajstić information content (AvgIpc) is 2.16. The van der Waals surface area contributed by atoms with Crippen molar-refractivity contribution in [1.29, 1.82) is 0 Å². The van der Waals surface area contributed by atoms with Gasteiger partial charge >= 0.3 is 0 Å². The molecule has 0 aliphatic rings. The molecular weight excluding hydrogens is 188 g/mol. The molecule has 0 amide bonds. The van der Waals surface area contributed by atoms with Gasteiger partial charge in [0, 0.05) is 6.54 Å². The Labute approximate surface area is 95.2 Å². The molecule has 3 heteroatoms. The van der Waals surface area contributed by atoms with Gasteiger partial charge in [0.05, 0.1) is 12.7 Å². The monoisotopic (exact) mass is 216 g/mol. The fourth-order valence-corrected chi connectivity index (χ4v) is 1.47. The van der Waals surface area contributed by atoms with Crippen molar-refractivity contribution >= 4 is 0 Å². The van der Waals surface area contributed by atoms with E-state index in [0.29, 0.717) is 6.10 Å². The number of nitrogens with zero attached hydrogens (tertiary/aromatic N) is 1. The Hall–Kier alpha value is -0.120. The molecule has 0 fully saturated rings.